The van der Waals surface area contributed by atoms with Crippen LogP contribution in [0.4, 0.5) is 0 Å². The summed E-state index contributed by atoms with van der Waals surface area (Å²) in [5.74, 6) is 0.226. The number of hydrogen-bond acceptors (Lipinski definition) is 3. The van der Waals surface area contributed by atoms with E-state index in [1.807, 2.05) is 11.8 Å². The van der Waals surface area contributed by atoms with Crippen molar-refractivity contribution in [2.45, 2.75) is 64.9 Å². The second-order valence-electron chi connectivity index (χ2n) is 6.40. The number of carbonyl (C=O) groups excluding carboxylic acids is 1. The van der Waals surface area contributed by atoms with Crippen LogP contribution in [0.2, 0.25) is 0 Å². The molecule has 20 heavy (non-hydrogen) atoms. The van der Waals surface area contributed by atoms with Crippen molar-refractivity contribution in [3.63, 3.8) is 0 Å². The summed E-state index contributed by atoms with van der Waals surface area (Å²) in [6, 6.07) is 0. The molecule has 1 rings (SSSR count). The number of β-amino-alcohol motifs (C(OH)–C–C–N with tert-alkyl or cyclic N) is 1. The molecule has 0 aliphatic carbocycles. The smallest absolute Gasteiger partial charge is 0.236 e. The van der Waals surface area contributed by atoms with Gasteiger partial charge in [0.05, 0.1) is 12.1 Å². The predicted octanol–water partition coefficient (Wildman–Crippen LogP) is 2.26. The molecule has 1 fully saturated rings. The van der Waals surface area contributed by atoms with Gasteiger partial charge >= 0.3 is 0 Å². The van der Waals surface area contributed by atoms with Crippen LogP contribution in [0.3, 0.4) is 0 Å². The van der Waals surface area contributed by atoms with E-state index in [1.165, 1.54) is 0 Å². The van der Waals surface area contributed by atoms with Crippen LogP contribution in [-0.4, -0.2) is 59.1 Å². The van der Waals surface area contributed by atoms with Crippen LogP contribution in [-0.2, 0) is 4.79 Å². The molecule has 0 saturated carbocycles. The normalized spacial score (nSPS) is 23.8. The van der Waals surface area contributed by atoms with E-state index < -0.39 is 5.60 Å². The summed E-state index contributed by atoms with van der Waals surface area (Å²) in [6.45, 7) is 9.94. The molecule has 4 nitrogen and oxygen atoms in total. The van der Waals surface area contributed by atoms with Crippen molar-refractivity contribution >= 4 is 5.91 Å². The molecule has 0 aromatic rings. The Morgan fingerprint density at radius 1 is 1.25 bits per heavy atom. The third kappa shape index (κ3) is 6.23. The van der Waals surface area contributed by atoms with Gasteiger partial charge in [-0.25, -0.2) is 0 Å². The van der Waals surface area contributed by atoms with Crippen molar-refractivity contribution in [2.24, 2.45) is 0 Å². The van der Waals surface area contributed by atoms with Crippen LogP contribution in [0, 0.1) is 0 Å². The molecule has 0 spiro atoms. The van der Waals surface area contributed by atoms with Gasteiger partial charge in [0.25, 0.3) is 0 Å². The molecular formula is C16H32N2O2. The Morgan fingerprint density at radius 3 is 2.35 bits per heavy atom. The van der Waals surface area contributed by atoms with Crippen LogP contribution in [0.5, 0.6) is 0 Å². The summed E-state index contributed by atoms with van der Waals surface area (Å²) in [4.78, 5) is 16.6. The summed E-state index contributed by atoms with van der Waals surface area (Å²) in [7, 11) is 0. The Hall–Kier alpha value is -0.610. The van der Waals surface area contributed by atoms with Gasteiger partial charge in [-0.05, 0) is 39.2 Å². The summed E-state index contributed by atoms with van der Waals surface area (Å²) in [5.41, 5.74) is -0.629. The zero-order valence-corrected chi connectivity index (χ0v) is 13.5. The number of amides is 1. The standard InChI is InChI=1S/C16H32N2O2/c1-4-6-11-18(12-7-5-2)15(19)13-17-10-8-9-16(3,20)14-17/h20H,4-14H2,1-3H3. The van der Waals surface area contributed by atoms with Crippen LogP contribution < -0.4 is 0 Å². The van der Waals surface area contributed by atoms with Gasteiger partial charge in [-0.3, -0.25) is 9.69 Å². The van der Waals surface area contributed by atoms with Crippen molar-refractivity contribution in [1.82, 2.24) is 9.80 Å². The minimum atomic E-state index is -0.629. The Bertz CT molecular complexity index is 284. The van der Waals surface area contributed by atoms with Gasteiger partial charge in [-0.15, -0.1) is 0 Å². The first kappa shape index (κ1) is 17.4. The summed E-state index contributed by atoms with van der Waals surface area (Å²) in [5, 5.41) is 10.1. The van der Waals surface area contributed by atoms with E-state index in [1.54, 1.807) is 0 Å². The van der Waals surface area contributed by atoms with Crippen LogP contribution in [0.15, 0.2) is 0 Å². The minimum absolute atomic E-state index is 0.226. The molecule has 1 amide bonds. The second-order valence-corrected chi connectivity index (χ2v) is 6.40. The van der Waals surface area contributed by atoms with E-state index >= 15 is 0 Å². The minimum Gasteiger partial charge on any atom is -0.389 e. The highest BCUT2D eigenvalue weighted by molar-refractivity contribution is 5.78. The molecular weight excluding hydrogens is 252 g/mol. The summed E-state index contributed by atoms with van der Waals surface area (Å²) in [6.07, 6.45) is 6.21. The molecule has 1 atom stereocenters. The lowest BCUT2D eigenvalue weighted by Crippen LogP contribution is -2.50. The van der Waals surface area contributed by atoms with Gasteiger partial charge in [-0.2, -0.15) is 0 Å². The number of nitrogens with zero attached hydrogens (tertiary/aromatic N) is 2. The third-order valence-electron chi connectivity index (χ3n) is 4.03. The van der Waals surface area contributed by atoms with Crippen molar-refractivity contribution in [1.29, 1.82) is 0 Å². The first-order valence-corrected chi connectivity index (χ1v) is 8.21. The molecule has 0 bridgehead atoms. The lowest BCUT2D eigenvalue weighted by molar-refractivity contribution is -0.134. The van der Waals surface area contributed by atoms with E-state index in [4.69, 9.17) is 0 Å². The van der Waals surface area contributed by atoms with Gasteiger partial charge < -0.3 is 10.0 Å². The van der Waals surface area contributed by atoms with Gasteiger partial charge in [-0.1, -0.05) is 26.7 Å². The second kappa shape index (κ2) is 8.63. The Kier molecular flexibility index (Phi) is 7.52. The largest absolute Gasteiger partial charge is 0.389 e. The van der Waals surface area contributed by atoms with Crippen molar-refractivity contribution in [3.8, 4) is 0 Å². The highest BCUT2D eigenvalue weighted by atomic mass is 16.3. The Morgan fingerprint density at radius 2 is 1.85 bits per heavy atom. The molecule has 0 aromatic carbocycles. The van der Waals surface area contributed by atoms with E-state index in [0.717, 1.165) is 58.2 Å². The van der Waals surface area contributed by atoms with Crippen molar-refractivity contribution < 1.29 is 9.90 Å². The number of rotatable bonds is 8. The third-order valence-corrected chi connectivity index (χ3v) is 4.03. The fourth-order valence-electron chi connectivity index (χ4n) is 2.81. The van der Waals surface area contributed by atoms with Crippen LogP contribution in [0.25, 0.3) is 0 Å². The SMILES string of the molecule is CCCCN(CCCC)C(=O)CN1CCCC(C)(O)C1. The summed E-state index contributed by atoms with van der Waals surface area (Å²) < 4.78 is 0. The van der Waals surface area contributed by atoms with Gasteiger partial charge in [0.15, 0.2) is 0 Å². The lowest BCUT2D eigenvalue weighted by Gasteiger charge is -2.37. The summed E-state index contributed by atoms with van der Waals surface area (Å²) >= 11 is 0. The van der Waals surface area contributed by atoms with E-state index in [-0.39, 0.29) is 5.91 Å². The zero-order valence-electron chi connectivity index (χ0n) is 13.5. The monoisotopic (exact) mass is 284 g/mol. The fraction of sp³-hybridized carbons (Fsp3) is 0.938. The van der Waals surface area contributed by atoms with Crippen molar-refractivity contribution in [2.75, 3.05) is 32.7 Å². The maximum Gasteiger partial charge on any atom is 0.236 e. The highest BCUT2D eigenvalue weighted by Gasteiger charge is 2.29. The molecule has 1 aliphatic rings. The average molecular weight is 284 g/mol. The zero-order chi connectivity index (χ0) is 15.0. The maximum atomic E-state index is 12.4. The molecule has 0 aromatic heterocycles. The van der Waals surface area contributed by atoms with E-state index in [0.29, 0.717) is 13.1 Å². The van der Waals surface area contributed by atoms with Crippen LogP contribution in [0.1, 0.15) is 59.3 Å². The number of likely N-dealkylation sites (tertiary alicyclic amines) is 1. The molecule has 1 aliphatic heterocycles. The first-order valence-electron chi connectivity index (χ1n) is 8.21. The first-order chi connectivity index (χ1) is 9.48. The Labute approximate surface area is 124 Å². The van der Waals surface area contributed by atoms with E-state index in [2.05, 4.69) is 18.7 Å². The molecule has 118 valence electrons. The predicted molar refractivity (Wildman–Crippen MR) is 82.7 cm³/mol. The number of piperidine rings is 1. The topological polar surface area (TPSA) is 43.8 Å². The van der Waals surface area contributed by atoms with Gasteiger partial charge in [0.1, 0.15) is 0 Å². The highest BCUT2D eigenvalue weighted by Crippen LogP contribution is 2.20. The lowest BCUT2D eigenvalue weighted by atomic mass is 9.95. The van der Waals surface area contributed by atoms with Gasteiger partial charge in [0, 0.05) is 19.6 Å². The molecule has 0 radical (unpaired) electrons. The molecule has 1 saturated heterocycles. The Balaban J connectivity index is 2.47. The van der Waals surface area contributed by atoms with Crippen molar-refractivity contribution in [3.05, 3.63) is 0 Å². The van der Waals surface area contributed by atoms with Gasteiger partial charge in [0.2, 0.25) is 5.91 Å². The number of unbranched alkanes of at least 4 members (excludes halogenated alkanes) is 2. The fourth-order valence-corrected chi connectivity index (χ4v) is 2.81. The molecule has 4 heteroatoms. The van der Waals surface area contributed by atoms with E-state index in [9.17, 15) is 9.90 Å². The molecule has 1 unspecified atom stereocenters. The average Bonchev–Trinajstić information content (AvgIpc) is 2.37. The molecule has 1 N–H and O–H groups in total. The van der Waals surface area contributed by atoms with Crippen LogP contribution >= 0.6 is 0 Å². The number of hydrogen-bond donors (Lipinski definition) is 1. The number of aliphatic hydroxyl groups is 1. The maximum absolute atomic E-state index is 12.4. The molecule has 1 heterocycles. The quantitative estimate of drug-likeness (QED) is 0.743. The number of carbonyl (C=O) groups is 1.